The first-order chi connectivity index (χ1) is 16.2. The summed E-state index contributed by atoms with van der Waals surface area (Å²) in [6, 6.07) is 3.42. The summed E-state index contributed by atoms with van der Waals surface area (Å²) in [5.41, 5.74) is -0.605. The van der Waals surface area contributed by atoms with E-state index in [4.69, 9.17) is 10.7 Å². The first kappa shape index (κ1) is 25.0. The van der Waals surface area contributed by atoms with Gasteiger partial charge in [0, 0.05) is 39.0 Å². The molecular formula is C22H26F3N7O2. The molecule has 2 aliphatic heterocycles. The lowest BCUT2D eigenvalue weighted by Crippen LogP contribution is -2.46. The second kappa shape index (κ2) is 11.0. The van der Waals surface area contributed by atoms with Gasteiger partial charge in [0.15, 0.2) is 6.19 Å². The lowest BCUT2D eigenvalue weighted by molar-refractivity contribution is -0.137. The third-order valence-electron chi connectivity index (χ3n) is 5.78. The van der Waals surface area contributed by atoms with Crippen molar-refractivity contribution in [3.05, 3.63) is 35.4 Å². The Morgan fingerprint density at radius 1 is 1.15 bits per heavy atom. The number of aliphatic imine (C=N–C) groups is 1. The van der Waals surface area contributed by atoms with E-state index in [-0.39, 0.29) is 35.6 Å². The Labute approximate surface area is 195 Å². The van der Waals surface area contributed by atoms with Crippen LogP contribution in [0.3, 0.4) is 0 Å². The average molecular weight is 477 g/mol. The molecule has 0 aromatic heterocycles. The van der Waals surface area contributed by atoms with Crippen molar-refractivity contribution in [3.8, 4) is 6.19 Å². The summed E-state index contributed by atoms with van der Waals surface area (Å²) in [5, 5.41) is 23.0. The number of alkyl halides is 3. The summed E-state index contributed by atoms with van der Waals surface area (Å²) in [4.78, 5) is 31.6. The molecule has 9 nitrogen and oxygen atoms in total. The van der Waals surface area contributed by atoms with Crippen LogP contribution in [0, 0.1) is 16.9 Å². The van der Waals surface area contributed by atoms with Crippen molar-refractivity contribution in [1.29, 1.82) is 10.7 Å². The Morgan fingerprint density at radius 3 is 2.38 bits per heavy atom. The van der Waals surface area contributed by atoms with Crippen LogP contribution in [0.1, 0.15) is 36.8 Å². The fourth-order valence-electron chi connectivity index (χ4n) is 4.00. The topological polar surface area (TPSA) is 125 Å². The zero-order chi connectivity index (χ0) is 24.7. The highest BCUT2D eigenvalue weighted by Crippen LogP contribution is 2.29. The van der Waals surface area contributed by atoms with E-state index in [1.54, 1.807) is 11.1 Å². The van der Waals surface area contributed by atoms with Crippen LogP contribution in [0.15, 0.2) is 29.3 Å². The molecule has 0 spiro atoms. The Morgan fingerprint density at radius 2 is 1.82 bits per heavy atom. The van der Waals surface area contributed by atoms with Crippen LogP contribution in [-0.2, 0) is 15.8 Å². The van der Waals surface area contributed by atoms with Crippen molar-refractivity contribution in [3.63, 3.8) is 0 Å². The average Bonchev–Trinajstić information content (AvgIpc) is 3.41. The predicted molar refractivity (Wildman–Crippen MR) is 118 cm³/mol. The molecule has 2 amide bonds. The maximum absolute atomic E-state index is 12.9. The predicted octanol–water partition coefficient (Wildman–Crippen LogP) is 1.70. The van der Waals surface area contributed by atoms with E-state index in [9.17, 15) is 22.8 Å². The van der Waals surface area contributed by atoms with E-state index in [1.807, 2.05) is 0 Å². The smallest absolute Gasteiger partial charge is 0.354 e. The number of hydrogen-bond acceptors (Lipinski definition) is 5. The fourth-order valence-corrected chi connectivity index (χ4v) is 4.00. The van der Waals surface area contributed by atoms with Crippen molar-refractivity contribution in [2.24, 2.45) is 4.99 Å². The largest absolute Gasteiger partial charge is 0.416 e. The number of benzene rings is 1. The van der Waals surface area contributed by atoms with E-state index in [1.165, 1.54) is 17.0 Å². The molecule has 0 bridgehead atoms. The highest BCUT2D eigenvalue weighted by Gasteiger charge is 2.33. The molecule has 2 fully saturated rings. The van der Waals surface area contributed by atoms with Crippen molar-refractivity contribution in [1.82, 2.24) is 20.4 Å². The molecule has 1 unspecified atom stereocenters. The molecule has 3 N–H and O–H groups in total. The van der Waals surface area contributed by atoms with Gasteiger partial charge in [-0.2, -0.15) is 18.4 Å². The van der Waals surface area contributed by atoms with Gasteiger partial charge in [-0.1, -0.05) is 12.1 Å². The highest BCUT2D eigenvalue weighted by molar-refractivity contribution is 6.04. The van der Waals surface area contributed by atoms with Crippen molar-refractivity contribution in [2.75, 3.05) is 32.7 Å². The van der Waals surface area contributed by atoms with Gasteiger partial charge in [0.05, 0.1) is 23.9 Å². The Kier molecular flexibility index (Phi) is 8.09. The number of likely N-dealkylation sites (tertiary alicyclic amines) is 2. The maximum Gasteiger partial charge on any atom is 0.416 e. The summed E-state index contributed by atoms with van der Waals surface area (Å²) in [5.74, 6) is 0.0456. The van der Waals surface area contributed by atoms with E-state index in [0.717, 1.165) is 18.6 Å². The number of rotatable bonds is 8. The quantitative estimate of drug-likeness (QED) is 0.228. The molecular weight excluding hydrogens is 451 g/mol. The second-order valence-corrected chi connectivity index (χ2v) is 8.03. The van der Waals surface area contributed by atoms with Crippen LogP contribution in [-0.4, -0.2) is 72.1 Å². The van der Waals surface area contributed by atoms with Crippen LogP contribution in [0.4, 0.5) is 13.2 Å². The van der Waals surface area contributed by atoms with Crippen LogP contribution >= 0.6 is 0 Å². The zero-order valence-corrected chi connectivity index (χ0v) is 18.5. The van der Waals surface area contributed by atoms with E-state index < -0.39 is 17.8 Å². The molecule has 182 valence electrons. The standard InChI is InChI=1S/C22H26F3N7O2/c23-22(24,25)16-7-5-15(6-8-16)20(27)17(32-11-2-4-19(32)34)13-29-21(30-14-26)28-9-12-31-10-1-3-18(31)33/h5-8,17,27H,1-4,9-13H2,(H2,28,29,30). The number of guanidine groups is 1. The molecule has 12 heteroatoms. The lowest BCUT2D eigenvalue weighted by atomic mass is 10.0. The first-order valence-electron chi connectivity index (χ1n) is 11.0. The minimum absolute atomic E-state index is 0.0355. The SMILES string of the molecule is N#CNC(=NCC(C(=N)c1ccc(C(F)(F)F)cc1)N1CCCC1=O)NCCN1CCCC1=O. The molecule has 3 rings (SSSR count). The second-order valence-electron chi connectivity index (χ2n) is 8.03. The van der Waals surface area contributed by atoms with Crippen molar-refractivity contribution in [2.45, 2.75) is 37.9 Å². The molecule has 1 aromatic rings. The number of halogens is 3. The lowest BCUT2D eigenvalue weighted by Gasteiger charge is -2.27. The van der Waals surface area contributed by atoms with E-state index in [2.05, 4.69) is 15.6 Å². The van der Waals surface area contributed by atoms with Gasteiger partial charge in [0.1, 0.15) is 0 Å². The Balaban J connectivity index is 1.73. The summed E-state index contributed by atoms with van der Waals surface area (Å²) in [7, 11) is 0. The normalized spacial score (nSPS) is 17.6. The number of nitriles is 1. The van der Waals surface area contributed by atoms with Crippen LogP contribution in [0.5, 0.6) is 0 Å². The summed E-state index contributed by atoms with van der Waals surface area (Å²) < 4.78 is 38.7. The summed E-state index contributed by atoms with van der Waals surface area (Å²) in [6.07, 6.45) is -0.437. The van der Waals surface area contributed by atoms with Gasteiger partial charge >= 0.3 is 6.18 Å². The van der Waals surface area contributed by atoms with E-state index in [0.29, 0.717) is 45.4 Å². The molecule has 1 atom stereocenters. The minimum Gasteiger partial charge on any atom is -0.354 e. The fraction of sp³-hybridized carbons (Fsp3) is 0.500. The van der Waals surface area contributed by atoms with Crippen LogP contribution < -0.4 is 10.6 Å². The molecule has 2 aliphatic rings. The molecule has 0 saturated carbocycles. The van der Waals surface area contributed by atoms with Crippen LogP contribution in [0.2, 0.25) is 0 Å². The van der Waals surface area contributed by atoms with Gasteiger partial charge in [-0.15, -0.1) is 0 Å². The van der Waals surface area contributed by atoms with Crippen LogP contribution in [0.25, 0.3) is 0 Å². The molecule has 0 aliphatic carbocycles. The van der Waals surface area contributed by atoms with E-state index >= 15 is 0 Å². The number of nitrogens with zero attached hydrogens (tertiary/aromatic N) is 4. The van der Waals surface area contributed by atoms with Gasteiger partial charge < -0.3 is 20.5 Å². The number of hydrogen-bond donors (Lipinski definition) is 3. The third kappa shape index (κ3) is 6.24. The molecule has 2 saturated heterocycles. The Hall–Kier alpha value is -3.62. The number of nitrogens with one attached hydrogen (secondary N) is 3. The van der Waals surface area contributed by atoms with Gasteiger partial charge in [-0.25, -0.2) is 4.99 Å². The van der Waals surface area contributed by atoms with Gasteiger partial charge in [0.2, 0.25) is 17.8 Å². The number of carbonyl (C=O) groups excluding carboxylic acids is 2. The molecule has 1 aromatic carbocycles. The zero-order valence-electron chi connectivity index (χ0n) is 18.5. The van der Waals surface area contributed by atoms with Crippen molar-refractivity contribution < 1.29 is 22.8 Å². The molecule has 0 radical (unpaired) electrons. The van der Waals surface area contributed by atoms with Gasteiger partial charge in [0.25, 0.3) is 0 Å². The molecule has 34 heavy (non-hydrogen) atoms. The van der Waals surface area contributed by atoms with Crippen molar-refractivity contribution >= 4 is 23.5 Å². The summed E-state index contributed by atoms with van der Waals surface area (Å²) in [6.45, 7) is 1.82. The summed E-state index contributed by atoms with van der Waals surface area (Å²) >= 11 is 0. The van der Waals surface area contributed by atoms with Gasteiger partial charge in [-0.05, 0) is 30.5 Å². The first-order valence-corrected chi connectivity index (χ1v) is 11.0. The minimum atomic E-state index is -4.49. The Bertz CT molecular complexity index is 986. The monoisotopic (exact) mass is 477 g/mol. The number of carbonyl (C=O) groups is 2. The molecule has 2 heterocycles. The third-order valence-corrected chi connectivity index (χ3v) is 5.78. The van der Waals surface area contributed by atoms with Gasteiger partial charge in [-0.3, -0.25) is 14.9 Å². The highest BCUT2D eigenvalue weighted by atomic mass is 19.4. The number of amides is 2. The maximum atomic E-state index is 12.9.